The van der Waals surface area contributed by atoms with Crippen molar-refractivity contribution in [2.24, 2.45) is 0 Å². The number of hydrogen-bond acceptors (Lipinski definition) is 5. The van der Waals surface area contributed by atoms with Crippen LogP contribution in [0, 0.1) is 11.6 Å². The first-order valence-corrected chi connectivity index (χ1v) is 8.10. The van der Waals surface area contributed by atoms with E-state index in [1.165, 1.54) is 18.3 Å². The molecule has 0 radical (unpaired) electrons. The van der Waals surface area contributed by atoms with Crippen molar-refractivity contribution in [3.05, 3.63) is 59.3 Å². The monoisotopic (exact) mass is 385 g/mol. The number of aromatic amines is 2. The van der Waals surface area contributed by atoms with Gasteiger partial charge in [0.2, 0.25) is 0 Å². The first kappa shape index (κ1) is 17.6. The van der Waals surface area contributed by atoms with Crippen LogP contribution in [0.25, 0.3) is 22.6 Å². The topological polar surface area (TPSA) is 127 Å². The normalized spacial score (nSPS) is 11.1. The molecule has 0 fully saturated rings. The van der Waals surface area contributed by atoms with Gasteiger partial charge in [-0.3, -0.25) is 9.89 Å². The Kier molecular flexibility index (Phi) is 4.24. The number of fused-ring (bicyclic) bond motifs is 1. The third-order valence-electron chi connectivity index (χ3n) is 4.12. The van der Waals surface area contributed by atoms with Crippen molar-refractivity contribution in [1.82, 2.24) is 20.2 Å². The number of phenols is 1. The molecule has 2 aromatic carbocycles. The second kappa shape index (κ2) is 6.74. The van der Waals surface area contributed by atoms with E-state index in [4.69, 9.17) is 0 Å². The third kappa shape index (κ3) is 2.95. The number of carbonyl (C=O) groups is 1. The maximum atomic E-state index is 13.8. The lowest BCUT2D eigenvalue weighted by molar-refractivity contribution is 0.101. The molecule has 2 aromatic heterocycles. The summed E-state index contributed by atoms with van der Waals surface area (Å²) in [5.74, 6) is -2.80. The van der Waals surface area contributed by atoms with Crippen molar-refractivity contribution < 1.29 is 23.8 Å². The highest BCUT2D eigenvalue weighted by Crippen LogP contribution is 2.29. The lowest BCUT2D eigenvalue weighted by atomic mass is 10.2. The van der Waals surface area contributed by atoms with Crippen molar-refractivity contribution in [1.29, 1.82) is 0 Å². The number of aliphatic hydroxyl groups is 1. The number of aliphatic hydroxyl groups excluding tert-OH is 1. The van der Waals surface area contributed by atoms with Crippen LogP contribution in [0.2, 0.25) is 0 Å². The Labute approximate surface area is 155 Å². The molecule has 142 valence electrons. The van der Waals surface area contributed by atoms with Crippen molar-refractivity contribution >= 4 is 22.6 Å². The summed E-state index contributed by atoms with van der Waals surface area (Å²) in [6.45, 7) is -0.341. The van der Waals surface area contributed by atoms with E-state index in [1.807, 2.05) is 0 Å². The number of carbonyl (C=O) groups excluding carboxylic acids is 1. The maximum Gasteiger partial charge on any atom is 0.261 e. The van der Waals surface area contributed by atoms with Crippen LogP contribution in [-0.2, 0) is 6.61 Å². The summed E-state index contributed by atoms with van der Waals surface area (Å²) in [5, 5.41) is 28.1. The molecule has 8 nitrogen and oxygen atoms in total. The minimum Gasteiger partial charge on any atom is -0.508 e. The fourth-order valence-electron chi connectivity index (χ4n) is 2.87. The average Bonchev–Trinajstić information content (AvgIpc) is 3.27. The average molecular weight is 385 g/mol. The van der Waals surface area contributed by atoms with Crippen LogP contribution in [0.15, 0.2) is 36.5 Å². The molecule has 5 N–H and O–H groups in total. The van der Waals surface area contributed by atoms with Gasteiger partial charge in [-0.15, -0.1) is 0 Å². The SMILES string of the molecule is O=C(Nc1c[nH]nc1-c1nc2c(CO)cc(O)cc2[nH]1)c1c(F)cccc1F. The maximum absolute atomic E-state index is 13.8. The number of halogens is 2. The fraction of sp³-hybridized carbons (Fsp3) is 0.0556. The largest absolute Gasteiger partial charge is 0.508 e. The number of imidazole rings is 1. The molecular weight excluding hydrogens is 372 g/mol. The van der Waals surface area contributed by atoms with E-state index in [0.29, 0.717) is 16.6 Å². The van der Waals surface area contributed by atoms with Gasteiger partial charge in [0.05, 0.1) is 23.3 Å². The molecule has 2 heterocycles. The van der Waals surface area contributed by atoms with Crippen molar-refractivity contribution in [2.75, 3.05) is 5.32 Å². The van der Waals surface area contributed by atoms with Crippen molar-refractivity contribution in [3.8, 4) is 17.3 Å². The fourth-order valence-corrected chi connectivity index (χ4v) is 2.87. The minimum atomic E-state index is -0.991. The van der Waals surface area contributed by atoms with Gasteiger partial charge in [-0.25, -0.2) is 13.8 Å². The number of rotatable bonds is 4. The number of nitrogens with one attached hydrogen (secondary N) is 3. The molecule has 0 aliphatic heterocycles. The highest BCUT2D eigenvalue weighted by molar-refractivity contribution is 6.06. The molecule has 0 spiro atoms. The quantitative estimate of drug-likeness (QED) is 0.369. The molecule has 0 aliphatic rings. The van der Waals surface area contributed by atoms with Crippen molar-refractivity contribution in [2.45, 2.75) is 6.61 Å². The minimum absolute atomic E-state index is 0.0580. The zero-order valence-electron chi connectivity index (χ0n) is 14.1. The predicted octanol–water partition coefficient (Wildman–Crippen LogP) is 2.68. The zero-order valence-corrected chi connectivity index (χ0v) is 14.1. The van der Waals surface area contributed by atoms with Crippen LogP contribution >= 0.6 is 0 Å². The number of phenolic OH excluding ortho intramolecular Hbond substituents is 1. The summed E-state index contributed by atoms with van der Waals surface area (Å²) in [7, 11) is 0. The molecule has 28 heavy (non-hydrogen) atoms. The number of nitrogens with zero attached hydrogens (tertiary/aromatic N) is 2. The number of aromatic nitrogens is 4. The second-order valence-corrected chi connectivity index (χ2v) is 5.94. The number of hydrogen-bond donors (Lipinski definition) is 5. The Hall–Kier alpha value is -3.79. The molecule has 0 atom stereocenters. The molecule has 4 aromatic rings. The molecule has 0 unspecified atom stereocenters. The summed E-state index contributed by atoms with van der Waals surface area (Å²) in [5.41, 5.74) is 0.861. The van der Waals surface area contributed by atoms with E-state index >= 15 is 0 Å². The molecular formula is C18H13F2N5O3. The first-order valence-electron chi connectivity index (χ1n) is 8.10. The Morgan fingerprint density at radius 3 is 2.68 bits per heavy atom. The number of amides is 1. The molecule has 0 aliphatic carbocycles. The number of benzene rings is 2. The summed E-state index contributed by atoms with van der Waals surface area (Å²) in [4.78, 5) is 19.6. The van der Waals surface area contributed by atoms with E-state index in [2.05, 4.69) is 25.5 Å². The highest BCUT2D eigenvalue weighted by atomic mass is 19.1. The second-order valence-electron chi connectivity index (χ2n) is 5.94. The van der Waals surface area contributed by atoms with E-state index in [9.17, 15) is 23.8 Å². The van der Waals surface area contributed by atoms with Gasteiger partial charge < -0.3 is 20.5 Å². The molecule has 4 rings (SSSR count). The van der Waals surface area contributed by atoms with Crippen molar-refractivity contribution in [3.63, 3.8) is 0 Å². The third-order valence-corrected chi connectivity index (χ3v) is 4.12. The molecule has 0 saturated heterocycles. The van der Waals surface area contributed by atoms with E-state index in [0.717, 1.165) is 18.2 Å². The van der Waals surface area contributed by atoms with E-state index in [1.54, 1.807) is 0 Å². The summed E-state index contributed by atoms with van der Waals surface area (Å²) in [6.07, 6.45) is 1.34. The number of aromatic hydroxyl groups is 1. The molecule has 0 bridgehead atoms. The van der Waals surface area contributed by atoms with Crippen LogP contribution in [0.4, 0.5) is 14.5 Å². The van der Waals surface area contributed by atoms with Gasteiger partial charge in [-0.05, 0) is 18.2 Å². The zero-order chi connectivity index (χ0) is 19.8. The van der Waals surface area contributed by atoms with Gasteiger partial charge in [-0.2, -0.15) is 5.10 Å². The summed E-state index contributed by atoms with van der Waals surface area (Å²) >= 11 is 0. The Balaban J connectivity index is 1.72. The summed E-state index contributed by atoms with van der Waals surface area (Å²) < 4.78 is 27.6. The van der Waals surface area contributed by atoms with Crippen LogP contribution in [-0.4, -0.2) is 36.3 Å². The number of anilines is 1. The van der Waals surface area contributed by atoms with Gasteiger partial charge >= 0.3 is 0 Å². The van der Waals surface area contributed by atoms with Crippen LogP contribution in [0.1, 0.15) is 15.9 Å². The smallest absolute Gasteiger partial charge is 0.261 e. The van der Waals surface area contributed by atoms with Gasteiger partial charge in [0, 0.05) is 17.8 Å². The lowest BCUT2D eigenvalue weighted by Crippen LogP contribution is -2.16. The van der Waals surface area contributed by atoms with Crippen LogP contribution < -0.4 is 5.32 Å². The van der Waals surface area contributed by atoms with Crippen LogP contribution in [0.5, 0.6) is 5.75 Å². The van der Waals surface area contributed by atoms with Gasteiger partial charge in [0.25, 0.3) is 5.91 Å². The van der Waals surface area contributed by atoms with Gasteiger partial charge in [-0.1, -0.05) is 6.07 Å². The Morgan fingerprint density at radius 1 is 1.21 bits per heavy atom. The molecule has 1 amide bonds. The lowest BCUT2D eigenvalue weighted by Gasteiger charge is -2.06. The Bertz CT molecular complexity index is 1180. The van der Waals surface area contributed by atoms with Gasteiger partial charge in [0.15, 0.2) is 11.5 Å². The van der Waals surface area contributed by atoms with E-state index < -0.39 is 23.1 Å². The highest BCUT2D eigenvalue weighted by Gasteiger charge is 2.21. The molecule has 10 heteroatoms. The predicted molar refractivity (Wildman–Crippen MR) is 95.6 cm³/mol. The Morgan fingerprint density at radius 2 is 1.96 bits per heavy atom. The van der Waals surface area contributed by atoms with Crippen LogP contribution in [0.3, 0.4) is 0 Å². The van der Waals surface area contributed by atoms with E-state index in [-0.39, 0.29) is 29.6 Å². The number of H-pyrrole nitrogens is 2. The van der Waals surface area contributed by atoms with Gasteiger partial charge in [0.1, 0.15) is 22.9 Å². The first-order chi connectivity index (χ1) is 13.5. The molecule has 0 saturated carbocycles. The standard InChI is InChI=1S/C18H13F2N5O3/c19-10-2-1-3-11(20)14(10)18(28)23-13-6-21-25-16(13)17-22-12-5-9(27)4-8(7-26)15(12)24-17/h1-6,26-27H,7H2,(H,21,25)(H,22,24)(H,23,28). The summed E-state index contributed by atoms with van der Waals surface area (Å²) in [6, 6.07) is 5.92.